The minimum atomic E-state index is -1.57. The van der Waals surface area contributed by atoms with Crippen molar-refractivity contribution < 1.29 is 24.1 Å². The number of aliphatic hydroxyl groups is 2. The molecule has 3 aromatic rings. The molecule has 0 bridgehead atoms. The number of halogens is 1. The van der Waals surface area contributed by atoms with Crippen LogP contribution in [0.25, 0.3) is 11.0 Å². The Morgan fingerprint density at radius 1 is 1.41 bits per heavy atom. The highest BCUT2D eigenvalue weighted by atomic mass is 19.1. The van der Waals surface area contributed by atoms with E-state index in [9.17, 15) is 19.4 Å². The largest absolute Gasteiger partial charge is 0.392 e. The Bertz CT molecular complexity index is 1110. The summed E-state index contributed by atoms with van der Waals surface area (Å²) in [5.41, 5.74) is -1.03. The van der Waals surface area contributed by atoms with Gasteiger partial charge in [0.1, 0.15) is 24.5 Å². The summed E-state index contributed by atoms with van der Waals surface area (Å²) in [7, 11) is 0. The first kappa shape index (κ1) is 19.0. The minimum Gasteiger partial charge on any atom is -0.392 e. The van der Waals surface area contributed by atoms with Crippen LogP contribution in [0.2, 0.25) is 0 Å². The molecular weight excluding hydrogens is 379 g/mol. The fourth-order valence-electron chi connectivity index (χ4n) is 3.36. The Morgan fingerprint density at radius 2 is 2.17 bits per heavy atom. The van der Waals surface area contributed by atoms with Crippen LogP contribution in [-0.2, 0) is 4.74 Å². The highest BCUT2D eigenvalue weighted by Gasteiger charge is 2.47. The molecule has 1 aliphatic rings. The average molecular weight is 396 g/mol. The smallest absolute Gasteiger partial charge is 0.256 e. The summed E-state index contributed by atoms with van der Waals surface area (Å²) in [5.74, 6) is 1.15. The lowest BCUT2D eigenvalue weighted by Gasteiger charge is -2.23. The second kappa shape index (κ2) is 7.25. The van der Waals surface area contributed by atoms with Gasteiger partial charge in [-0.25, -0.2) is 14.4 Å². The molecule has 9 heteroatoms. The maximum Gasteiger partial charge on any atom is 0.256 e. The molecule has 1 fully saturated rings. The van der Waals surface area contributed by atoms with E-state index < -0.39 is 36.3 Å². The zero-order valence-corrected chi connectivity index (χ0v) is 15.1. The quantitative estimate of drug-likeness (QED) is 0.576. The van der Waals surface area contributed by atoms with Crippen molar-refractivity contribution >= 4 is 22.8 Å². The van der Waals surface area contributed by atoms with Gasteiger partial charge in [-0.1, -0.05) is 24.1 Å². The molecule has 0 unspecified atom stereocenters. The third kappa shape index (κ3) is 3.13. The van der Waals surface area contributed by atoms with Crippen LogP contribution in [0.1, 0.15) is 23.0 Å². The number of nitrogens with zero attached hydrogens (tertiary/aromatic N) is 3. The molecule has 1 amide bonds. The fraction of sp³-hybridized carbons (Fsp3) is 0.250. The number of aromatic nitrogens is 3. The van der Waals surface area contributed by atoms with E-state index in [1.807, 2.05) is 0 Å². The van der Waals surface area contributed by atoms with E-state index in [1.54, 1.807) is 30.3 Å². The van der Waals surface area contributed by atoms with Crippen LogP contribution in [0, 0.1) is 18.2 Å². The number of hydrogen-bond acceptors (Lipinski definition) is 6. The normalized spacial score (nSPS) is 23.8. The number of aliphatic hydroxyl groups excluding tert-OH is 2. The molecule has 4 rings (SSSR count). The van der Waals surface area contributed by atoms with Gasteiger partial charge in [-0.05, 0) is 12.1 Å². The zero-order chi connectivity index (χ0) is 20.6. The van der Waals surface area contributed by atoms with E-state index >= 15 is 0 Å². The topological polar surface area (TPSA) is 110 Å². The van der Waals surface area contributed by atoms with Crippen LogP contribution < -0.4 is 5.32 Å². The number of fused-ring (bicyclic) bond motifs is 1. The minimum absolute atomic E-state index is 0.00271. The van der Waals surface area contributed by atoms with Crippen molar-refractivity contribution in [3.8, 4) is 12.3 Å². The average Bonchev–Trinajstić information content (AvgIpc) is 3.26. The third-order valence-electron chi connectivity index (χ3n) is 4.93. The van der Waals surface area contributed by atoms with Gasteiger partial charge in [-0.3, -0.25) is 4.79 Å². The lowest BCUT2D eigenvalue weighted by Crippen LogP contribution is -2.41. The molecule has 8 nitrogen and oxygen atoms in total. The van der Waals surface area contributed by atoms with Gasteiger partial charge in [0.15, 0.2) is 17.1 Å². The molecule has 3 atom stereocenters. The van der Waals surface area contributed by atoms with Gasteiger partial charge in [0.2, 0.25) is 0 Å². The number of anilines is 1. The SMILES string of the molecule is C#C[C@]1(CO)O[C@@H](n2cc(F)c3c(NC(=O)c4ccccc4)ncnc32)C[C@@H]1O. The lowest BCUT2D eigenvalue weighted by molar-refractivity contribution is -0.0891. The zero-order valence-electron chi connectivity index (χ0n) is 15.1. The van der Waals surface area contributed by atoms with Gasteiger partial charge in [-0.2, -0.15) is 0 Å². The van der Waals surface area contributed by atoms with E-state index in [1.165, 1.54) is 10.9 Å². The summed E-state index contributed by atoms with van der Waals surface area (Å²) in [6.07, 6.45) is 5.77. The Kier molecular flexibility index (Phi) is 4.76. The summed E-state index contributed by atoms with van der Waals surface area (Å²) in [4.78, 5) is 20.5. The molecule has 3 N–H and O–H groups in total. The first-order chi connectivity index (χ1) is 14.0. The predicted octanol–water partition coefficient (Wildman–Crippen LogP) is 1.47. The maximum atomic E-state index is 14.8. The van der Waals surface area contributed by atoms with E-state index in [4.69, 9.17) is 11.2 Å². The van der Waals surface area contributed by atoms with E-state index in [0.29, 0.717) is 5.56 Å². The van der Waals surface area contributed by atoms with Crippen molar-refractivity contribution in [2.45, 2.75) is 24.4 Å². The van der Waals surface area contributed by atoms with E-state index in [-0.39, 0.29) is 23.3 Å². The van der Waals surface area contributed by atoms with Crippen LogP contribution in [0.5, 0.6) is 0 Å². The van der Waals surface area contributed by atoms with Crippen molar-refractivity contribution in [3.05, 3.63) is 54.2 Å². The van der Waals surface area contributed by atoms with Gasteiger partial charge in [0, 0.05) is 18.2 Å². The monoisotopic (exact) mass is 396 g/mol. The van der Waals surface area contributed by atoms with Crippen LogP contribution in [0.15, 0.2) is 42.9 Å². The summed E-state index contributed by atoms with van der Waals surface area (Å²) >= 11 is 0. The van der Waals surface area contributed by atoms with Crippen molar-refractivity contribution in [1.29, 1.82) is 0 Å². The first-order valence-corrected chi connectivity index (χ1v) is 8.81. The summed E-state index contributed by atoms with van der Waals surface area (Å²) in [5, 5.41) is 22.3. The third-order valence-corrected chi connectivity index (χ3v) is 4.93. The van der Waals surface area contributed by atoms with Crippen molar-refractivity contribution in [2.24, 2.45) is 0 Å². The molecule has 2 aromatic heterocycles. The van der Waals surface area contributed by atoms with Gasteiger partial charge >= 0.3 is 0 Å². The summed E-state index contributed by atoms with van der Waals surface area (Å²) in [6.45, 7) is -0.587. The number of carbonyl (C=O) groups is 1. The Hall–Kier alpha value is -3.32. The number of nitrogens with one attached hydrogen (secondary N) is 1. The van der Waals surface area contributed by atoms with E-state index in [2.05, 4.69) is 21.2 Å². The molecule has 1 aromatic carbocycles. The number of ether oxygens (including phenoxy) is 1. The summed E-state index contributed by atoms with van der Waals surface area (Å²) < 4.78 is 21.8. The molecule has 0 spiro atoms. The Labute approximate surface area is 165 Å². The Morgan fingerprint density at radius 3 is 2.83 bits per heavy atom. The maximum absolute atomic E-state index is 14.8. The van der Waals surface area contributed by atoms with Crippen LogP contribution in [0.3, 0.4) is 0 Å². The highest BCUT2D eigenvalue weighted by Crippen LogP contribution is 2.39. The second-order valence-electron chi connectivity index (χ2n) is 6.64. The molecule has 0 saturated carbocycles. The Balaban J connectivity index is 1.70. The first-order valence-electron chi connectivity index (χ1n) is 8.81. The lowest BCUT2D eigenvalue weighted by atomic mass is 9.99. The summed E-state index contributed by atoms with van der Waals surface area (Å²) in [6, 6.07) is 8.44. The number of amides is 1. The predicted molar refractivity (Wildman–Crippen MR) is 101 cm³/mol. The fourth-order valence-corrected chi connectivity index (χ4v) is 3.36. The number of rotatable bonds is 4. The standard InChI is InChI=1S/C20H17FN4O4/c1-2-20(10-26)14(27)8-15(29-20)25-9-13(21)16-17(22-11-23-18(16)25)24-19(28)12-6-4-3-5-7-12/h1,3-7,9,11,14-15,26-27H,8,10H2,(H,22,23,24,28)/t14-,15+,20+/m0/s1. The molecule has 1 aliphatic heterocycles. The number of benzene rings is 1. The van der Waals surface area contributed by atoms with E-state index in [0.717, 1.165) is 6.20 Å². The molecule has 1 saturated heterocycles. The molecule has 3 heterocycles. The molecule has 148 valence electrons. The van der Waals surface area contributed by atoms with Crippen LogP contribution >= 0.6 is 0 Å². The van der Waals surface area contributed by atoms with Gasteiger partial charge in [-0.15, -0.1) is 6.42 Å². The van der Waals surface area contributed by atoms with Gasteiger partial charge in [0.25, 0.3) is 5.91 Å². The molecule has 29 heavy (non-hydrogen) atoms. The molecular formula is C20H17FN4O4. The van der Waals surface area contributed by atoms with Gasteiger partial charge < -0.3 is 24.8 Å². The highest BCUT2D eigenvalue weighted by molar-refractivity contribution is 6.07. The molecule has 0 aliphatic carbocycles. The van der Waals surface area contributed by atoms with Crippen molar-refractivity contribution in [3.63, 3.8) is 0 Å². The van der Waals surface area contributed by atoms with Gasteiger partial charge in [0.05, 0.1) is 12.0 Å². The molecule has 0 radical (unpaired) electrons. The number of carbonyl (C=O) groups excluding carboxylic acids is 1. The van der Waals surface area contributed by atoms with Crippen molar-refractivity contribution in [1.82, 2.24) is 14.5 Å². The van der Waals surface area contributed by atoms with Crippen LogP contribution in [-0.4, -0.2) is 49.0 Å². The number of hydrogen-bond donors (Lipinski definition) is 3. The number of terminal acetylenes is 1. The van der Waals surface area contributed by atoms with Crippen LogP contribution in [0.4, 0.5) is 10.2 Å². The van der Waals surface area contributed by atoms with Crippen molar-refractivity contribution in [2.75, 3.05) is 11.9 Å². The second-order valence-corrected chi connectivity index (χ2v) is 6.64.